The monoisotopic (exact) mass is 179 g/mol. The van der Waals surface area contributed by atoms with Crippen LogP contribution in [0.25, 0.3) is 0 Å². The molecule has 0 heterocycles. The molecule has 0 saturated heterocycles. The van der Waals surface area contributed by atoms with Gasteiger partial charge in [0.25, 0.3) is 0 Å². The fourth-order valence-corrected chi connectivity index (χ4v) is 0. The van der Waals surface area contributed by atoms with Crippen LogP contribution in [0.1, 0.15) is 27.7 Å². The number of hydrogen-bond donors (Lipinski definition) is 1. The molecule has 11 heavy (non-hydrogen) atoms. The molecule has 1 amide bonds. The number of primary amides is 1. The summed E-state index contributed by atoms with van der Waals surface area (Å²) in [6.07, 6.45) is 0. The lowest BCUT2D eigenvalue weighted by Crippen LogP contribution is -2.27. The molecule has 0 spiro atoms. The van der Waals surface area contributed by atoms with Crippen LogP contribution in [0, 0.1) is 5.41 Å². The van der Waals surface area contributed by atoms with Crippen molar-refractivity contribution in [3.05, 3.63) is 0 Å². The highest BCUT2D eigenvalue weighted by atomic mass is 35.5. The molecule has 0 aromatic rings. The largest absolute Gasteiger partial charge is 0.369 e. The quantitative estimate of drug-likeness (QED) is 0.570. The van der Waals surface area contributed by atoms with Gasteiger partial charge in [0.2, 0.25) is 11.1 Å². The third-order valence-corrected chi connectivity index (χ3v) is 0.739. The van der Waals surface area contributed by atoms with Gasteiger partial charge >= 0.3 is 0 Å². The van der Waals surface area contributed by atoms with Crippen LogP contribution in [0.5, 0.6) is 0 Å². The van der Waals surface area contributed by atoms with E-state index >= 15 is 0 Å². The molecule has 0 atom stereocenters. The first-order chi connectivity index (χ1) is 4.68. The normalized spacial score (nSPS) is 9.55. The van der Waals surface area contributed by atoms with Crippen molar-refractivity contribution in [2.24, 2.45) is 11.1 Å². The number of carbonyl (C=O) groups is 2. The fourth-order valence-electron chi connectivity index (χ4n) is 0. The minimum Gasteiger partial charge on any atom is -0.369 e. The average Bonchev–Trinajstić information content (AvgIpc) is 1.59. The maximum absolute atomic E-state index is 10.2. The second-order valence-corrected chi connectivity index (χ2v) is 3.62. The Hall–Kier alpha value is -0.570. The maximum atomic E-state index is 10.2. The highest BCUT2D eigenvalue weighted by Gasteiger charge is 2.16. The van der Waals surface area contributed by atoms with Crippen LogP contribution in [0.2, 0.25) is 0 Å². The Morgan fingerprint density at radius 1 is 1.27 bits per heavy atom. The van der Waals surface area contributed by atoms with Gasteiger partial charge in [-0.25, -0.2) is 0 Å². The summed E-state index contributed by atoms with van der Waals surface area (Å²) in [5.41, 5.74) is 4.57. The number of nitrogens with two attached hydrogens (primary N) is 1. The van der Waals surface area contributed by atoms with E-state index in [9.17, 15) is 9.59 Å². The highest BCUT2D eigenvalue weighted by Crippen LogP contribution is 2.09. The zero-order chi connectivity index (χ0) is 9.65. The standard InChI is InChI=1S/C5H11NO.C2H3ClO/c1-5(2,3)4(6)7;1-2(3)4/h1-3H3,(H2,6,7);1H3. The lowest BCUT2D eigenvalue weighted by Gasteiger charge is -2.10. The number of halogens is 1. The second kappa shape index (κ2) is 5.13. The molecule has 4 heteroatoms. The van der Waals surface area contributed by atoms with Gasteiger partial charge in [0.15, 0.2) is 0 Å². The summed E-state index contributed by atoms with van der Waals surface area (Å²) in [4.78, 5) is 19.5. The summed E-state index contributed by atoms with van der Waals surface area (Å²) in [5.74, 6) is -0.257. The van der Waals surface area contributed by atoms with E-state index in [1.807, 2.05) is 0 Å². The Morgan fingerprint density at radius 3 is 1.36 bits per heavy atom. The summed E-state index contributed by atoms with van der Waals surface area (Å²) in [6, 6.07) is 0. The summed E-state index contributed by atoms with van der Waals surface area (Å²) in [5, 5.41) is -0.361. The van der Waals surface area contributed by atoms with E-state index in [2.05, 4.69) is 11.6 Å². The van der Waals surface area contributed by atoms with Crippen LogP contribution in [0.15, 0.2) is 0 Å². The SMILES string of the molecule is CC(=O)Cl.CC(C)(C)C(N)=O. The van der Waals surface area contributed by atoms with Gasteiger partial charge in [0.05, 0.1) is 0 Å². The summed E-state index contributed by atoms with van der Waals surface area (Å²) < 4.78 is 0. The lowest BCUT2D eigenvalue weighted by atomic mass is 9.96. The number of hydrogen-bond acceptors (Lipinski definition) is 2. The minimum atomic E-state index is -0.361. The third-order valence-electron chi connectivity index (χ3n) is 0.739. The first kappa shape index (κ1) is 13.1. The van der Waals surface area contributed by atoms with E-state index in [1.54, 1.807) is 20.8 Å². The summed E-state index contributed by atoms with van der Waals surface area (Å²) >= 11 is 4.64. The first-order valence-electron chi connectivity index (χ1n) is 3.14. The van der Waals surface area contributed by atoms with Crippen LogP contribution in [-0.4, -0.2) is 11.1 Å². The van der Waals surface area contributed by atoms with Crippen LogP contribution in [0.3, 0.4) is 0 Å². The molecule has 0 aliphatic rings. The number of carbonyl (C=O) groups excluding carboxylic acids is 2. The zero-order valence-corrected chi connectivity index (χ0v) is 8.03. The Kier molecular flexibility index (Phi) is 6.09. The van der Waals surface area contributed by atoms with Gasteiger partial charge in [-0.15, -0.1) is 0 Å². The second-order valence-electron chi connectivity index (χ2n) is 3.08. The predicted molar refractivity (Wildman–Crippen MR) is 45.2 cm³/mol. The molecule has 3 nitrogen and oxygen atoms in total. The van der Waals surface area contributed by atoms with E-state index < -0.39 is 0 Å². The lowest BCUT2D eigenvalue weighted by molar-refractivity contribution is -0.125. The Labute approximate surface area is 71.9 Å². The molecule has 0 aromatic heterocycles. The van der Waals surface area contributed by atoms with Crippen LogP contribution >= 0.6 is 11.6 Å². The molecule has 2 N–H and O–H groups in total. The molecule has 0 saturated carbocycles. The molecule has 0 aliphatic heterocycles. The van der Waals surface area contributed by atoms with E-state index in [0.717, 1.165) is 0 Å². The van der Waals surface area contributed by atoms with E-state index in [1.165, 1.54) is 6.92 Å². The van der Waals surface area contributed by atoms with E-state index in [-0.39, 0.29) is 16.6 Å². The fraction of sp³-hybridized carbons (Fsp3) is 0.714. The molecule has 0 unspecified atom stereocenters. The zero-order valence-electron chi connectivity index (χ0n) is 7.27. The molecule has 66 valence electrons. The Bertz CT molecular complexity index is 145. The van der Waals surface area contributed by atoms with Crippen molar-refractivity contribution in [1.29, 1.82) is 0 Å². The van der Waals surface area contributed by atoms with Gasteiger partial charge in [-0.2, -0.15) is 0 Å². The van der Waals surface area contributed by atoms with Crippen molar-refractivity contribution in [2.75, 3.05) is 0 Å². The Morgan fingerprint density at radius 2 is 1.36 bits per heavy atom. The molecule has 0 aliphatic carbocycles. The van der Waals surface area contributed by atoms with Gasteiger partial charge in [0, 0.05) is 12.3 Å². The predicted octanol–water partition coefficient (Wildman–Crippen LogP) is 1.29. The topological polar surface area (TPSA) is 60.2 Å². The summed E-state index contributed by atoms with van der Waals surface area (Å²) in [7, 11) is 0. The molecule has 0 rings (SSSR count). The van der Waals surface area contributed by atoms with Crippen molar-refractivity contribution in [3.63, 3.8) is 0 Å². The molecular formula is C7H14ClNO2. The third kappa shape index (κ3) is 17.7. The van der Waals surface area contributed by atoms with Crippen molar-refractivity contribution >= 4 is 22.8 Å². The molecule has 0 aromatic carbocycles. The van der Waals surface area contributed by atoms with Gasteiger partial charge in [0.1, 0.15) is 0 Å². The van der Waals surface area contributed by atoms with Crippen LogP contribution in [0.4, 0.5) is 0 Å². The summed E-state index contributed by atoms with van der Waals surface area (Å²) in [6.45, 7) is 6.65. The van der Waals surface area contributed by atoms with Gasteiger partial charge in [-0.3, -0.25) is 9.59 Å². The van der Waals surface area contributed by atoms with Crippen molar-refractivity contribution < 1.29 is 9.59 Å². The Balaban J connectivity index is 0. The highest BCUT2D eigenvalue weighted by molar-refractivity contribution is 6.62. The van der Waals surface area contributed by atoms with E-state index in [4.69, 9.17) is 5.73 Å². The molecule has 0 bridgehead atoms. The minimum absolute atomic E-state index is 0.257. The maximum Gasteiger partial charge on any atom is 0.222 e. The van der Waals surface area contributed by atoms with Crippen LogP contribution in [-0.2, 0) is 9.59 Å². The number of rotatable bonds is 0. The first-order valence-corrected chi connectivity index (χ1v) is 3.51. The molecule has 0 fully saturated rings. The van der Waals surface area contributed by atoms with E-state index in [0.29, 0.717) is 0 Å². The van der Waals surface area contributed by atoms with Crippen LogP contribution < -0.4 is 5.73 Å². The number of amides is 1. The van der Waals surface area contributed by atoms with Gasteiger partial charge in [-0.1, -0.05) is 20.8 Å². The van der Waals surface area contributed by atoms with Crippen molar-refractivity contribution in [2.45, 2.75) is 27.7 Å². The average molecular weight is 180 g/mol. The van der Waals surface area contributed by atoms with Crippen molar-refractivity contribution in [3.8, 4) is 0 Å². The smallest absolute Gasteiger partial charge is 0.222 e. The van der Waals surface area contributed by atoms with Gasteiger partial charge < -0.3 is 5.73 Å². The molecule has 0 radical (unpaired) electrons. The van der Waals surface area contributed by atoms with Crippen molar-refractivity contribution in [1.82, 2.24) is 0 Å². The molecular weight excluding hydrogens is 166 g/mol. The van der Waals surface area contributed by atoms with Gasteiger partial charge in [-0.05, 0) is 11.6 Å².